The van der Waals surface area contributed by atoms with Gasteiger partial charge in [0.2, 0.25) is 0 Å². The number of carbonyl (C=O) groups excluding carboxylic acids is 1. The maximum Gasteiger partial charge on any atom is 0.412 e. The normalized spacial score (nSPS) is 10.7. The molecule has 3 aromatic rings. The topological polar surface area (TPSA) is 69.0 Å². The summed E-state index contributed by atoms with van der Waals surface area (Å²) in [6, 6.07) is 7.61. The van der Waals surface area contributed by atoms with Gasteiger partial charge in [-0.05, 0) is 36.8 Å². The molecule has 0 saturated heterocycles. The summed E-state index contributed by atoms with van der Waals surface area (Å²) < 4.78 is 7.47. The lowest BCUT2D eigenvalue weighted by molar-refractivity contribution is 0.187. The fourth-order valence-electron chi connectivity index (χ4n) is 2.21. The van der Waals surface area contributed by atoms with E-state index in [1.165, 1.54) is 7.11 Å². The van der Waals surface area contributed by atoms with Gasteiger partial charge < -0.3 is 4.74 Å². The minimum atomic E-state index is -0.548. The first-order valence-electron chi connectivity index (χ1n) is 6.53. The average Bonchev–Trinajstić information content (AvgIpc) is 2.92. The first-order chi connectivity index (χ1) is 10.6. The molecule has 0 unspecified atom stereocenters. The van der Waals surface area contributed by atoms with E-state index in [1.54, 1.807) is 18.6 Å². The predicted octanol–water partition coefficient (Wildman–Crippen LogP) is 3.67. The number of pyridine rings is 1. The van der Waals surface area contributed by atoms with Crippen molar-refractivity contribution in [2.24, 2.45) is 0 Å². The Labute approximate surface area is 135 Å². The number of nitrogens with zero attached hydrogens (tertiary/aromatic N) is 3. The molecule has 0 saturated carbocycles. The van der Waals surface area contributed by atoms with Crippen LogP contribution in [-0.4, -0.2) is 27.7 Å². The van der Waals surface area contributed by atoms with Crippen LogP contribution in [-0.2, 0) is 4.74 Å². The zero-order chi connectivity index (χ0) is 15.7. The molecule has 1 N–H and O–H groups in total. The first-order valence-corrected chi connectivity index (χ1v) is 7.32. The highest BCUT2D eigenvalue weighted by Gasteiger charge is 2.09. The van der Waals surface area contributed by atoms with Gasteiger partial charge in [0.1, 0.15) is 12.1 Å². The third kappa shape index (κ3) is 2.67. The Bertz CT molecular complexity index is 843. The number of halogens is 1. The van der Waals surface area contributed by atoms with Crippen molar-refractivity contribution in [1.29, 1.82) is 0 Å². The number of fused-ring (bicyclic) bond motifs is 1. The van der Waals surface area contributed by atoms with Crippen LogP contribution in [0.15, 0.2) is 41.3 Å². The molecule has 6 nitrogen and oxygen atoms in total. The fourth-order valence-corrected chi connectivity index (χ4v) is 2.77. The summed E-state index contributed by atoms with van der Waals surface area (Å²) >= 11 is 3.50. The van der Waals surface area contributed by atoms with E-state index < -0.39 is 6.09 Å². The van der Waals surface area contributed by atoms with Gasteiger partial charge in [0.15, 0.2) is 0 Å². The lowest BCUT2D eigenvalue weighted by Crippen LogP contribution is -2.12. The Hall–Kier alpha value is -2.41. The van der Waals surface area contributed by atoms with Gasteiger partial charge in [0.05, 0.1) is 30.0 Å². The predicted molar refractivity (Wildman–Crippen MR) is 87.3 cm³/mol. The summed E-state index contributed by atoms with van der Waals surface area (Å²) in [6.45, 7) is 2.02. The van der Waals surface area contributed by atoms with Gasteiger partial charge in [0, 0.05) is 4.47 Å². The second kappa shape index (κ2) is 5.76. The Morgan fingerprint density at radius 3 is 2.82 bits per heavy atom. The molecule has 0 aliphatic heterocycles. The maximum absolute atomic E-state index is 11.2. The first kappa shape index (κ1) is 14.5. The lowest BCUT2D eigenvalue weighted by atomic mass is 10.2. The number of anilines is 1. The zero-order valence-corrected chi connectivity index (χ0v) is 13.6. The van der Waals surface area contributed by atoms with Crippen molar-refractivity contribution in [3.05, 3.63) is 46.8 Å². The molecule has 0 spiro atoms. The number of aryl methyl sites for hydroxylation is 1. The lowest BCUT2D eigenvalue weighted by Gasteiger charge is -2.07. The number of nitrogens with one attached hydrogen (secondary N) is 1. The van der Waals surface area contributed by atoms with Crippen LogP contribution in [0.1, 0.15) is 5.56 Å². The van der Waals surface area contributed by atoms with Crippen LogP contribution < -0.4 is 5.32 Å². The molecule has 0 aliphatic rings. The number of hydrogen-bond donors (Lipinski definition) is 1. The average molecular weight is 361 g/mol. The summed E-state index contributed by atoms with van der Waals surface area (Å²) in [5.74, 6) is 0.428. The van der Waals surface area contributed by atoms with Crippen molar-refractivity contribution >= 4 is 38.9 Å². The van der Waals surface area contributed by atoms with Crippen LogP contribution >= 0.6 is 15.9 Å². The second-order valence-electron chi connectivity index (χ2n) is 4.72. The Kier molecular flexibility index (Phi) is 3.81. The number of ether oxygens (including phenoxy) is 1. The van der Waals surface area contributed by atoms with E-state index >= 15 is 0 Å². The van der Waals surface area contributed by atoms with E-state index in [-0.39, 0.29) is 0 Å². The van der Waals surface area contributed by atoms with Gasteiger partial charge >= 0.3 is 6.09 Å². The highest BCUT2D eigenvalue weighted by Crippen LogP contribution is 2.25. The van der Waals surface area contributed by atoms with E-state index in [2.05, 4.69) is 36.0 Å². The minimum absolute atomic E-state index is 0.428. The number of methoxy groups -OCH3 is 1. The molecular formula is C15H13BrN4O2. The largest absolute Gasteiger partial charge is 0.453 e. The van der Waals surface area contributed by atoms with Crippen molar-refractivity contribution in [2.45, 2.75) is 6.92 Å². The quantitative estimate of drug-likeness (QED) is 0.756. The van der Waals surface area contributed by atoms with Crippen molar-refractivity contribution in [2.75, 3.05) is 12.4 Å². The van der Waals surface area contributed by atoms with Crippen LogP contribution in [0.25, 0.3) is 16.7 Å². The molecule has 0 aliphatic carbocycles. The van der Waals surface area contributed by atoms with Crippen LogP contribution in [0.4, 0.5) is 10.6 Å². The summed E-state index contributed by atoms with van der Waals surface area (Å²) in [7, 11) is 1.31. The van der Waals surface area contributed by atoms with Crippen molar-refractivity contribution < 1.29 is 9.53 Å². The molecule has 0 atom stereocenters. The van der Waals surface area contributed by atoms with E-state index in [0.717, 1.165) is 26.8 Å². The van der Waals surface area contributed by atoms with Crippen LogP contribution in [0.2, 0.25) is 0 Å². The van der Waals surface area contributed by atoms with Gasteiger partial charge in [0.25, 0.3) is 0 Å². The number of carbonyl (C=O) groups is 1. The molecule has 0 bridgehead atoms. The molecule has 0 fully saturated rings. The van der Waals surface area contributed by atoms with E-state index in [0.29, 0.717) is 5.82 Å². The third-order valence-corrected chi connectivity index (χ3v) is 3.71. The minimum Gasteiger partial charge on any atom is -0.453 e. The molecule has 1 aromatic carbocycles. The molecule has 112 valence electrons. The van der Waals surface area contributed by atoms with Gasteiger partial charge in [-0.25, -0.2) is 14.8 Å². The molecule has 2 aromatic heterocycles. The van der Waals surface area contributed by atoms with Crippen molar-refractivity contribution in [1.82, 2.24) is 14.5 Å². The monoisotopic (exact) mass is 360 g/mol. The molecule has 0 radical (unpaired) electrons. The highest BCUT2D eigenvalue weighted by atomic mass is 79.9. The molecule has 7 heteroatoms. The van der Waals surface area contributed by atoms with Crippen molar-refractivity contribution in [3.8, 4) is 5.69 Å². The Balaban J connectivity index is 1.99. The molecular weight excluding hydrogens is 348 g/mol. The van der Waals surface area contributed by atoms with E-state index in [4.69, 9.17) is 0 Å². The summed E-state index contributed by atoms with van der Waals surface area (Å²) in [4.78, 5) is 19.8. The number of imidazole rings is 1. The Morgan fingerprint density at radius 2 is 2.14 bits per heavy atom. The highest BCUT2D eigenvalue weighted by molar-refractivity contribution is 9.10. The van der Waals surface area contributed by atoms with Gasteiger partial charge in [-0.15, -0.1) is 0 Å². The number of benzene rings is 1. The number of aromatic nitrogens is 3. The SMILES string of the molecule is COC(=O)Nc1ccc(-n2cnc3c(C)cc(Br)cc32)cn1. The number of amides is 1. The summed E-state index contributed by atoms with van der Waals surface area (Å²) in [6.07, 6.45) is 2.88. The van der Waals surface area contributed by atoms with Crippen molar-refractivity contribution in [3.63, 3.8) is 0 Å². The zero-order valence-electron chi connectivity index (χ0n) is 12.0. The summed E-state index contributed by atoms with van der Waals surface area (Å²) in [5.41, 5.74) is 3.89. The van der Waals surface area contributed by atoms with Gasteiger partial charge in [-0.3, -0.25) is 9.88 Å². The summed E-state index contributed by atoms with van der Waals surface area (Å²) in [5, 5.41) is 2.51. The number of rotatable bonds is 2. The van der Waals surface area contributed by atoms with E-state index in [1.807, 2.05) is 29.7 Å². The fraction of sp³-hybridized carbons (Fsp3) is 0.133. The smallest absolute Gasteiger partial charge is 0.412 e. The third-order valence-electron chi connectivity index (χ3n) is 3.25. The standard InChI is InChI=1S/C15H13BrN4O2/c1-9-5-10(16)6-12-14(9)18-8-20(12)11-3-4-13(17-7-11)19-15(21)22-2/h3-8H,1-2H3,(H,17,19,21). The molecule has 1 amide bonds. The molecule has 22 heavy (non-hydrogen) atoms. The second-order valence-corrected chi connectivity index (χ2v) is 5.64. The van der Waals surface area contributed by atoms with Gasteiger partial charge in [-0.2, -0.15) is 0 Å². The van der Waals surface area contributed by atoms with Crippen LogP contribution in [0.3, 0.4) is 0 Å². The number of hydrogen-bond acceptors (Lipinski definition) is 4. The van der Waals surface area contributed by atoms with Gasteiger partial charge in [-0.1, -0.05) is 15.9 Å². The molecule has 2 heterocycles. The van der Waals surface area contributed by atoms with Crippen LogP contribution in [0.5, 0.6) is 0 Å². The van der Waals surface area contributed by atoms with Crippen LogP contribution in [0, 0.1) is 6.92 Å². The maximum atomic E-state index is 11.2. The Morgan fingerprint density at radius 1 is 1.32 bits per heavy atom. The van der Waals surface area contributed by atoms with E-state index in [9.17, 15) is 4.79 Å². The molecule has 3 rings (SSSR count).